The lowest BCUT2D eigenvalue weighted by atomic mass is 10.2. The van der Waals surface area contributed by atoms with E-state index < -0.39 is 5.82 Å². The predicted octanol–water partition coefficient (Wildman–Crippen LogP) is 3.04. The number of benzene rings is 1. The molecule has 0 amide bonds. The molecule has 78 valence electrons. The zero-order valence-electron chi connectivity index (χ0n) is 8.59. The van der Waals surface area contributed by atoms with Crippen LogP contribution in [-0.2, 0) is 0 Å². The summed E-state index contributed by atoms with van der Waals surface area (Å²) in [6.07, 6.45) is 0.832. The fraction of sp³-hybridized carbons (Fsp3) is 0.250. The van der Waals surface area contributed by atoms with Crippen LogP contribution in [0.3, 0.4) is 0 Å². The van der Waals surface area contributed by atoms with Gasteiger partial charge in [-0.1, -0.05) is 13.5 Å². The highest BCUT2D eigenvalue weighted by atomic mass is 19.1. The summed E-state index contributed by atoms with van der Waals surface area (Å²) in [6.45, 7) is 6.13. The second-order valence-electron chi connectivity index (χ2n) is 3.15. The second-order valence-corrected chi connectivity index (χ2v) is 3.15. The minimum atomic E-state index is -0.558. The van der Waals surface area contributed by atoms with Gasteiger partial charge in [-0.25, -0.2) is 4.39 Å². The van der Waals surface area contributed by atoms with Crippen LogP contribution in [0.25, 0.3) is 0 Å². The summed E-state index contributed by atoms with van der Waals surface area (Å²) in [5.41, 5.74) is 0.969. The van der Waals surface area contributed by atoms with Crippen LogP contribution in [0.1, 0.15) is 18.9 Å². The van der Waals surface area contributed by atoms with Gasteiger partial charge >= 0.3 is 0 Å². The summed E-state index contributed by atoms with van der Waals surface area (Å²) < 4.78 is 18.4. The van der Waals surface area contributed by atoms with E-state index in [1.165, 1.54) is 12.1 Å². The number of nitriles is 1. The molecule has 0 saturated heterocycles. The summed E-state index contributed by atoms with van der Waals surface area (Å²) in [5, 5.41) is 8.52. The maximum absolute atomic E-state index is 13.1. The quantitative estimate of drug-likeness (QED) is 0.708. The van der Waals surface area contributed by atoms with E-state index in [-0.39, 0.29) is 5.56 Å². The Hall–Kier alpha value is -1.82. The highest BCUT2D eigenvalue weighted by Gasteiger charge is 2.03. The molecule has 0 aliphatic rings. The maximum atomic E-state index is 13.1. The van der Waals surface area contributed by atoms with Crippen molar-refractivity contribution in [1.29, 1.82) is 5.26 Å². The van der Waals surface area contributed by atoms with Crippen LogP contribution in [0.15, 0.2) is 30.4 Å². The van der Waals surface area contributed by atoms with Crippen LogP contribution in [0, 0.1) is 17.1 Å². The van der Waals surface area contributed by atoms with Gasteiger partial charge in [-0.15, -0.1) is 0 Å². The van der Waals surface area contributed by atoms with Crippen molar-refractivity contribution in [2.45, 2.75) is 13.3 Å². The molecule has 0 spiro atoms. The van der Waals surface area contributed by atoms with E-state index in [0.29, 0.717) is 12.4 Å². The monoisotopic (exact) mass is 205 g/mol. The lowest BCUT2D eigenvalue weighted by Gasteiger charge is -2.07. The van der Waals surface area contributed by atoms with E-state index in [1.54, 1.807) is 12.1 Å². The first kappa shape index (κ1) is 11.3. The van der Waals surface area contributed by atoms with Crippen molar-refractivity contribution in [3.8, 4) is 11.8 Å². The molecule has 0 aliphatic carbocycles. The van der Waals surface area contributed by atoms with Gasteiger partial charge in [-0.3, -0.25) is 0 Å². The molecule has 0 heterocycles. The number of ether oxygens (including phenoxy) is 1. The molecule has 1 aromatic carbocycles. The summed E-state index contributed by atoms with van der Waals surface area (Å²) in [6, 6.07) is 5.94. The molecule has 0 fully saturated rings. The highest BCUT2D eigenvalue weighted by Crippen LogP contribution is 2.16. The van der Waals surface area contributed by atoms with Crippen LogP contribution in [-0.4, -0.2) is 6.61 Å². The Kier molecular flexibility index (Phi) is 3.87. The van der Waals surface area contributed by atoms with E-state index >= 15 is 0 Å². The molecule has 0 atom stereocenters. The molecule has 1 rings (SSSR count). The molecular formula is C12H12FNO. The summed E-state index contributed by atoms with van der Waals surface area (Å²) in [4.78, 5) is 0. The van der Waals surface area contributed by atoms with Crippen molar-refractivity contribution in [3.05, 3.63) is 41.7 Å². The summed E-state index contributed by atoms with van der Waals surface area (Å²) in [7, 11) is 0. The topological polar surface area (TPSA) is 33.0 Å². The third-order valence-corrected chi connectivity index (χ3v) is 2.00. The molecule has 15 heavy (non-hydrogen) atoms. The van der Waals surface area contributed by atoms with Gasteiger partial charge in [-0.2, -0.15) is 5.26 Å². The number of halogens is 1. The van der Waals surface area contributed by atoms with Crippen LogP contribution in [0.2, 0.25) is 0 Å². The number of hydrogen-bond donors (Lipinski definition) is 0. The summed E-state index contributed by atoms with van der Waals surface area (Å²) >= 11 is 0. The van der Waals surface area contributed by atoms with Crippen molar-refractivity contribution in [3.63, 3.8) is 0 Å². The molecule has 1 aromatic rings. The SMILES string of the molecule is C=C(CC)COc1ccc(C#N)c(F)c1. The van der Waals surface area contributed by atoms with E-state index in [9.17, 15) is 4.39 Å². The third-order valence-electron chi connectivity index (χ3n) is 2.00. The van der Waals surface area contributed by atoms with Gasteiger partial charge in [0, 0.05) is 6.07 Å². The second kappa shape index (κ2) is 5.16. The van der Waals surface area contributed by atoms with Crippen LogP contribution in [0.5, 0.6) is 5.75 Å². The highest BCUT2D eigenvalue weighted by molar-refractivity contribution is 5.36. The Morgan fingerprint density at radius 3 is 2.87 bits per heavy atom. The Morgan fingerprint density at radius 1 is 1.60 bits per heavy atom. The fourth-order valence-electron chi connectivity index (χ4n) is 0.964. The van der Waals surface area contributed by atoms with E-state index in [4.69, 9.17) is 10.00 Å². The number of nitrogens with zero attached hydrogens (tertiary/aromatic N) is 1. The van der Waals surface area contributed by atoms with Gasteiger partial charge in [-0.05, 0) is 24.1 Å². The van der Waals surface area contributed by atoms with Gasteiger partial charge in [0.15, 0.2) is 0 Å². The van der Waals surface area contributed by atoms with Crippen LogP contribution in [0.4, 0.5) is 4.39 Å². The van der Waals surface area contributed by atoms with Crippen molar-refractivity contribution >= 4 is 0 Å². The van der Waals surface area contributed by atoms with Crippen molar-refractivity contribution < 1.29 is 9.13 Å². The first-order valence-electron chi connectivity index (χ1n) is 4.66. The molecule has 0 unspecified atom stereocenters. The van der Waals surface area contributed by atoms with Crippen LogP contribution >= 0.6 is 0 Å². The van der Waals surface area contributed by atoms with Crippen molar-refractivity contribution in [1.82, 2.24) is 0 Å². The molecule has 0 radical (unpaired) electrons. The molecule has 0 aromatic heterocycles. The van der Waals surface area contributed by atoms with E-state index in [2.05, 4.69) is 6.58 Å². The average molecular weight is 205 g/mol. The first-order chi connectivity index (χ1) is 7.17. The molecule has 3 heteroatoms. The Bertz CT molecular complexity index is 407. The largest absolute Gasteiger partial charge is 0.489 e. The van der Waals surface area contributed by atoms with Crippen molar-refractivity contribution in [2.75, 3.05) is 6.61 Å². The zero-order valence-corrected chi connectivity index (χ0v) is 8.59. The Balaban J connectivity index is 2.68. The molecule has 0 N–H and O–H groups in total. The van der Waals surface area contributed by atoms with Gasteiger partial charge < -0.3 is 4.74 Å². The average Bonchev–Trinajstić information content (AvgIpc) is 2.26. The minimum absolute atomic E-state index is 0.0247. The minimum Gasteiger partial charge on any atom is -0.489 e. The Labute approximate surface area is 88.6 Å². The third kappa shape index (κ3) is 3.10. The lowest BCUT2D eigenvalue weighted by molar-refractivity contribution is 0.347. The van der Waals surface area contributed by atoms with E-state index in [1.807, 2.05) is 6.92 Å². The van der Waals surface area contributed by atoms with Crippen LogP contribution < -0.4 is 4.74 Å². The molecular weight excluding hydrogens is 193 g/mol. The van der Waals surface area contributed by atoms with Gasteiger partial charge in [0.2, 0.25) is 0 Å². The Morgan fingerprint density at radius 2 is 2.33 bits per heavy atom. The standard InChI is InChI=1S/C12H12FNO/c1-3-9(2)8-15-11-5-4-10(7-14)12(13)6-11/h4-6H,2-3,8H2,1H3. The lowest BCUT2D eigenvalue weighted by Crippen LogP contribution is -2.00. The molecule has 0 saturated carbocycles. The fourth-order valence-corrected chi connectivity index (χ4v) is 0.964. The van der Waals surface area contributed by atoms with E-state index in [0.717, 1.165) is 12.0 Å². The number of rotatable bonds is 4. The van der Waals surface area contributed by atoms with Gasteiger partial charge in [0.1, 0.15) is 24.2 Å². The zero-order chi connectivity index (χ0) is 11.3. The van der Waals surface area contributed by atoms with Gasteiger partial charge in [0.25, 0.3) is 0 Å². The molecule has 2 nitrogen and oxygen atoms in total. The maximum Gasteiger partial charge on any atom is 0.144 e. The van der Waals surface area contributed by atoms with Crippen molar-refractivity contribution in [2.24, 2.45) is 0 Å². The smallest absolute Gasteiger partial charge is 0.144 e. The summed E-state index contributed by atoms with van der Waals surface area (Å²) in [5.74, 6) is -0.141. The molecule has 0 aliphatic heterocycles. The number of hydrogen-bond acceptors (Lipinski definition) is 2. The first-order valence-corrected chi connectivity index (χ1v) is 4.66. The predicted molar refractivity (Wildman–Crippen MR) is 56.0 cm³/mol. The molecule has 0 bridgehead atoms. The van der Waals surface area contributed by atoms with Gasteiger partial charge in [0.05, 0.1) is 5.56 Å². The normalized spacial score (nSPS) is 9.40.